The van der Waals surface area contributed by atoms with Crippen molar-refractivity contribution in [2.24, 2.45) is 10.8 Å². The van der Waals surface area contributed by atoms with Crippen LogP contribution in [-0.4, -0.2) is 102 Å². The molecule has 0 aromatic heterocycles. The molecule has 0 aliphatic carbocycles. The molecule has 0 unspecified atom stereocenters. The van der Waals surface area contributed by atoms with Crippen molar-refractivity contribution in [3.63, 3.8) is 0 Å². The molecule has 2 heterocycles. The Kier molecular flexibility index (Phi) is 9.27. The Morgan fingerprint density at radius 3 is 1.35 bits per heavy atom. The number of rotatable bonds is 11. The molecular weight excluding hydrogens is 332 g/mol. The number of morpholine rings is 2. The fraction of sp³-hybridized carbons (Fsp3) is 1.00. The summed E-state index contributed by atoms with van der Waals surface area (Å²) >= 11 is 0. The summed E-state index contributed by atoms with van der Waals surface area (Å²) in [6.45, 7) is 21.6. The van der Waals surface area contributed by atoms with Gasteiger partial charge in [0.25, 0.3) is 0 Å². The average Bonchev–Trinajstić information content (AvgIpc) is 2.59. The lowest BCUT2D eigenvalue weighted by Crippen LogP contribution is -2.43. The standard InChI is InChI=1S/C20H40N2O4/c1-19(2,15-21-5-9-23-10-6-21)17-25-13-14-26-18-20(3,4)16-22-7-11-24-12-8-22/h5-18H2,1-4H3. The molecule has 0 N–H and O–H groups in total. The monoisotopic (exact) mass is 372 g/mol. The minimum atomic E-state index is 0.160. The first kappa shape index (κ1) is 22.1. The number of nitrogens with zero attached hydrogens (tertiary/aromatic N) is 2. The summed E-state index contributed by atoms with van der Waals surface area (Å²) < 4.78 is 22.6. The van der Waals surface area contributed by atoms with Crippen LogP contribution in [0.5, 0.6) is 0 Å². The largest absolute Gasteiger partial charge is 0.379 e. The number of hydrogen-bond acceptors (Lipinski definition) is 6. The van der Waals surface area contributed by atoms with Crippen LogP contribution in [0.2, 0.25) is 0 Å². The topological polar surface area (TPSA) is 43.4 Å². The van der Waals surface area contributed by atoms with Crippen LogP contribution in [0.1, 0.15) is 27.7 Å². The predicted octanol–water partition coefficient (Wildman–Crippen LogP) is 1.74. The predicted molar refractivity (Wildman–Crippen MR) is 104 cm³/mol. The van der Waals surface area contributed by atoms with Crippen molar-refractivity contribution >= 4 is 0 Å². The van der Waals surface area contributed by atoms with E-state index < -0.39 is 0 Å². The highest BCUT2D eigenvalue weighted by Crippen LogP contribution is 2.19. The van der Waals surface area contributed by atoms with Crippen molar-refractivity contribution in [3.8, 4) is 0 Å². The zero-order chi connectivity index (χ0) is 18.9. The van der Waals surface area contributed by atoms with Gasteiger partial charge in [0.05, 0.1) is 52.9 Å². The van der Waals surface area contributed by atoms with E-state index in [1.54, 1.807) is 0 Å². The fourth-order valence-electron chi connectivity index (χ4n) is 3.64. The minimum absolute atomic E-state index is 0.160. The van der Waals surface area contributed by atoms with E-state index in [2.05, 4.69) is 37.5 Å². The van der Waals surface area contributed by atoms with Gasteiger partial charge in [0.1, 0.15) is 0 Å². The van der Waals surface area contributed by atoms with Crippen molar-refractivity contribution in [2.45, 2.75) is 27.7 Å². The summed E-state index contributed by atoms with van der Waals surface area (Å²) in [4.78, 5) is 4.94. The van der Waals surface area contributed by atoms with Crippen molar-refractivity contribution in [3.05, 3.63) is 0 Å². The van der Waals surface area contributed by atoms with Crippen molar-refractivity contribution in [1.29, 1.82) is 0 Å². The summed E-state index contributed by atoms with van der Waals surface area (Å²) in [7, 11) is 0. The zero-order valence-electron chi connectivity index (χ0n) is 17.4. The third kappa shape index (κ3) is 9.11. The molecule has 0 aromatic rings. The van der Waals surface area contributed by atoms with Gasteiger partial charge >= 0.3 is 0 Å². The van der Waals surface area contributed by atoms with Gasteiger partial charge in [0.15, 0.2) is 0 Å². The summed E-state index contributed by atoms with van der Waals surface area (Å²) in [5.41, 5.74) is 0.319. The van der Waals surface area contributed by atoms with E-state index in [0.717, 1.165) is 78.9 Å². The molecule has 2 aliphatic rings. The third-order valence-electron chi connectivity index (χ3n) is 4.87. The Hall–Kier alpha value is -0.240. The van der Waals surface area contributed by atoms with E-state index in [1.807, 2.05) is 0 Å². The van der Waals surface area contributed by atoms with E-state index in [9.17, 15) is 0 Å². The summed E-state index contributed by atoms with van der Waals surface area (Å²) in [6, 6.07) is 0. The molecule has 6 heteroatoms. The normalized spacial score (nSPS) is 21.2. The van der Waals surface area contributed by atoms with Crippen LogP contribution in [0.25, 0.3) is 0 Å². The molecule has 26 heavy (non-hydrogen) atoms. The van der Waals surface area contributed by atoms with Crippen LogP contribution in [0, 0.1) is 10.8 Å². The molecule has 0 spiro atoms. The van der Waals surface area contributed by atoms with E-state index in [1.165, 1.54) is 0 Å². The van der Waals surface area contributed by atoms with Crippen molar-refractivity contribution < 1.29 is 18.9 Å². The highest BCUT2D eigenvalue weighted by molar-refractivity contribution is 4.76. The van der Waals surface area contributed by atoms with Crippen molar-refractivity contribution in [1.82, 2.24) is 9.80 Å². The van der Waals surface area contributed by atoms with Crippen LogP contribution in [-0.2, 0) is 18.9 Å². The van der Waals surface area contributed by atoms with Gasteiger partial charge in [-0.3, -0.25) is 9.80 Å². The maximum atomic E-state index is 5.89. The lowest BCUT2D eigenvalue weighted by atomic mass is 9.93. The average molecular weight is 373 g/mol. The van der Waals surface area contributed by atoms with E-state index in [-0.39, 0.29) is 10.8 Å². The Labute approximate surface area is 160 Å². The molecule has 2 saturated heterocycles. The first-order chi connectivity index (χ1) is 12.4. The van der Waals surface area contributed by atoms with E-state index >= 15 is 0 Å². The molecule has 0 atom stereocenters. The molecule has 0 bridgehead atoms. The summed E-state index contributed by atoms with van der Waals surface area (Å²) in [6.07, 6.45) is 0. The van der Waals surface area contributed by atoms with Crippen LogP contribution >= 0.6 is 0 Å². The molecule has 2 fully saturated rings. The fourth-order valence-corrected chi connectivity index (χ4v) is 3.64. The van der Waals surface area contributed by atoms with Crippen LogP contribution in [0.15, 0.2) is 0 Å². The van der Waals surface area contributed by atoms with Crippen LogP contribution in [0.3, 0.4) is 0 Å². The minimum Gasteiger partial charge on any atom is -0.379 e. The Bertz CT molecular complexity index is 342. The Morgan fingerprint density at radius 1 is 0.654 bits per heavy atom. The molecule has 2 aliphatic heterocycles. The molecule has 0 amide bonds. The molecule has 2 rings (SSSR count). The lowest BCUT2D eigenvalue weighted by Gasteiger charge is -2.35. The van der Waals surface area contributed by atoms with E-state index in [4.69, 9.17) is 18.9 Å². The number of hydrogen-bond donors (Lipinski definition) is 0. The maximum absolute atomic E-state index is 5.89. The lowest BCUT2D eigenvalue weighted by molar-refractivity contribution is -0.0337. The molecule has 6 nitrogen and oxygen atoms in total. The SMILES string of the molecule is CC(C)(COCCOCC(C)(C)CN1CCOCC1)CN1CCOCC1. The summed E-state index contributed by atoms with van der Waals surface area (Å²) in [5.74, 6) is 0. The molecule has 0 saturated carbocycles. The van der Waals surface area contributed by atoms with Crippen molar-refractivity contribution in [2.75, 3.05) is 92.1 Å². The second-order valence-electron chi connectivity index (χ2n) is 9.21. The quantitative estimate of drug-likeness (QED) is 0.515. The molecule has 0 radical (unpaired) electrons. The Morgan fingerprint density at radius 2 is 1.00 bits per heavy atom. The van der Waals surface area contributed by atoms with Crippen LogP contribution in [0.4, 0.5) is 0 Å². The maximum Gasteiger partial charge on any atom is 0.0700 e. The van der Waals surface area contributed by atoms with Gasteiger partial charge in [-0.2, -0.15) is 0 Å². The van der Waals surface area contributed by atoms with Gasteiger partial charge < -0.3 is 18.9 Å². The molecular formula is C20H40N2O4. The van der Waals surface area contributed by atoms with Gasteiger partial charge in [-0.05, 0) is 0 Å². The highest BCUT2D eigenvalue weighted by Gasteiger charge is 2.25. The molecule has 0 aromatic carbocycles. The third-order valence-corrected chi connectivity index (χ3v) is 4.87. The second kappa shape index (κ2) is 10.9. The second-order valence-corrected chi connectivity index (χ2v) is 9.21. The van der Waals surface area contributed by atoms with Gasteiger partial charge in [-0.1, -0.05) is 27.7 Å². The van der Waals surface area contributed by atoms with Gasteiger partial charge in [0, 0.05) is 50.1 Å². The first-order valence-electron chi connectivity index (χ1n) is 10.1. The van der Waals surface area contributed by atoms with Gasteiger partial charge in [-0.15, -0.1) is 0 Å². The summed E-state index contributed by atoms with van der Waals surface area (Å²) in [5, 5.41) is 0. The van der Waals surface area contributed by atoms with Gasteiger partial charge in [0.2, 0.25) is 0 Å². The highest BCUT2D eigenvalue weighted by atomic mass is 16.5. The number of ether oxygens (including phenoxy) is 4. The van der Waals surface area contributed by atoms with Crippen LogP contribution < -0.4 is 0 Å². The zero-order valence-corrected chi connectivity index (χ0v) is 17.4. The first-order valence-corrected chi connectivity index (χ1v) is 10.1. The van der Waals surface area contributed by atoms with E-state index in [0.29, 0.717) is 13.2 Å². The van der Waals surface area contributed by atoms with Gasteiger partial charge in [-0.25, -0.2) is 0 Å². The molecule has 154 valence electrons. The smallest absolute Gasteiger partial charge is 0.0700 e. The Balaban J connectivity index is 1.52.